The zero-order valence-electron chi connectivity index (χ0n) is 15.1. The first kappa shape index (κ1) is 20.0. The number of carbonyl (C=O) groups is 1. The van der Waals surface area contributed by atoms with Gasteiger partial charge in [-0.3, -0.25) is 4.79 Å². The predicted octanol–water partition coefficient (Wildman–Crippen LogP) is 4.90. The molecule has 7 heteroatoms. The van der Waals surface area contributed by atoms with Crippen molar-refractivity contribution < 1.29 is 13.6 Å². The van der Waals surface area contributed by atoms with Gasteiger partial charge in [0.25, 0.3) is 0 Å². The van der Waals surface area contributed by atoms with Crippen molar-refractivity contribution >= 4 is 34.6 Å². The van der Waals surface area contributed by atoms with Gasteiger partial charge in [-0.1, -0.05) is 11.6 Å². The highest BCUT2D eigenvalue weighted by Crippen LogP contribution is 2.24. The van der Waals surface area contributed by atoms with E-state index in [4.69, 9.17) is 11.6 Å². The Hall–Kier alpha value is -2.34. The molecule has 1 unspecified atom stereocenters. The number of nitrogens with zero attached hydrogens (tertiary/aromatic N) is 1. The Labute approximate surface area is 157 Å². The Kier molecular flexibility index (Phi) is 6.42. The van der Waals surface area contributed by atoms with E-state index < -0.39 is 17.8 Å². The molecule has 0 heterocycles. The highest BCUT2D eigenvalue weighted by atomic mass is 35.5. The van der Waals surface area contributed by atoms with Gasteiger partial charge in [0.1, 0.15) is 17.7 Å². The van der Waals surface area contributed by atoms with Crippen molar-refractivity contribution in [2.75, 3.05) is 22.6 Å². The largest absolute Gasteiger partial charge is 0.374 e. The molecule has 1 amide bonds. The van der Waals surface area contributed by atoms with Gasteiger partial charge in [0.2, 0.25) is 5.91 Å². The molecule has 0 saturated carbocycles. The van der Waals surface area contributed by atoms with Crippen LogP contribution < -0.4 is 15.5 Å². The number of nitrogens with one attached hydrogen (secondary N) is 2. The molecule has 1 atom stereocenters. The van der Waals surface area contributed by atoms with Crippen LogP contribution in [0.5, 0.6) is 0 Å². The molecule has 2 aromatic rings. The first-order valence-corrected chi connectivity index (χ1v) is 8.61. The second kappa shape index (κ2) is 8.36. The van der Waals surface area contributed by atoms with Crippen LogP contribution >= 0.6 is 11.6 Å². The number of anilines is 3. The molecule has 0 aliphatic heterocycles. The molecule has 0 aliphatic carbocycles. The van der Waals surface area contributed by atoms with Gasteiger partial charge in [-0.05, 0) is 57.2 Å². The van der Waals surface area contributed by atoms with Gasteiger partial charge < -0.3 is 15.5 Å². The molecule has 2 N–H and O–H groups in total. The number of hydrogen-bond donors (Lipinski definition) is 2. The SMILES string of the molecule is CC(Nc1ccc(N(C)C(C)C)c(F)c1)C(=O)Nc1ccc(Cl)cc1F. The maximum Gasteiger partial charge on any atom is 0.246 e. The predicted molar refractivity (Wildman–Crippen MR) is 103 cm³/mol. The number of carbonyl (C=O) groups excluding carboxylic acids is 1. The fraction of sp³-hybridized carbons (Fsp3) is 0.316. The van der Waals surface area contributed by atoms with E-state index in [2.05, 4.69) is 10.6 Å². The van der Waals surface area contributed by atoms with E-state index in [1.165, 1.54) is 18.2 Å². The molecule has 26 heavy (non-hydrogen) atoms. The molecule has 0 saturated heterocycles. The minimum Gasteiger partial charge on any atom is -0.374 e. The molecule has 0 bridgehead atoms. The Morgan fingerprint density at radius 3 is 2.35 bits per heavy atom. The molecule has 4 nitrogen and oxygen atoms in total. The summed E-state index contributed by atoms with van der Waals surface area (Å²) >= 11 is 5.69. The fourth-order valence-electron chi connectivity index (χ4n) is 2.31. The van der Waals surface area contributed by atoms with Crippen molar-refractivity contribution in [2.45, 2.75) is 32.9 Å². The molecule has 0 fully saturated rings. The molecule has 140 valence electrons. The lowest BCUT2D eigenvalue weighted by molar-refractivity contribution is -0.116. The normalized spacial score (nSPS) is 12.0. The summed E-state index contributed by atoms with van der Waals surface area (Å²) in [5.41, 5.74) is 0.974. The first-order chi connectivity index (χ1) is 12.2. The highest BCUT2D eigenvalue weighted by molar-refractivity contribution is 6.30. The molecule has 0 aliphatic rings. The van der Waals surface area contributed by atoms with Crippen LogP contribution in [0.4, 0.5) is 25.8 Å². The third-order valence-corrected chi connectivity index (χ3v) is 4.30. The van der Waals surface area contributed by atoms with Crippen LogP contribution in [-0.2, 0) is 4.79 Å². The van der Waals surface area contributed by atoms with Crippen LogP contribution in [-0.4, -0.2) is 25.0 Å². The lowest BCUT2D eigenvalue weighted by Crippen LogP contribution is -2.32. The number of halogens is 3. The summed E-state index contributed by atoms with van der Waals surface area (Å²) in [4.78, 5) is 14.0. The monoisotopic (exact) mass is 381 g/mol. The summed E-state index contributed by atoms with van der Waals surface area (Å²) in [5, 5.41) is 5.63. The second-order valence-electron chi connectivity index (χ2n) is 6.35. The standard InChI is InChI=1S/C19H22ClF2N3O/c1-11(2)25(4)18-8-6-14(10-16(18)22)23-12(3)19(26)24-17-7-5-13(20)9-15(17)21/h5-12,23H,1-4H3,(H,24,26). The van der Waals surface area contributed by atoms with E-state index in [1.54, 1.807) is 19.1 Å². The number of rotatable bonds is 6. The molecule has 0 radical (unpaired) electrons. The molecule has 2 aromatic carbocycles. The number of hydrogen-bond acceptors (Lipinski definition) is 3. The van der Waals surface area contributed by atoms with Crippen LogP contribution in [0.25, 0.3) is 0 Å². The zero-order chi connectivity index (χ0) is 19.4. The van der Waals surface area contributed by atoms with Crippen LogP contribution in [0.1, 0.15) is 20.8 Å². The van der Waals surface area contributed by atoms with Gasteiger partial charge in [0.05, 0.1) is 11.4 Å². The number of benzene rings is 2. The fourth-order valence-corrected chi connectivity index (χ4v) is 2.47. The summed E-state index contributed by atoms with van der Waals surface area (Å²) in [6, 6.07) is 8.14. The van der Waals surface area contributed by atoms with E-state index in [0.29, 0.717) is 11.4 Å². The lowest BCUT2D eigenvalue weighted by atomic mass is 10.2. The third-order valence-electron chi connectivity index (χ3n) is 4.07. The zero-order valence-corrected chi connectivity index (χ0v) is 15.9. The number of amides is 1. The summed E-state index contributed by atoms with van der Waals surface area (Å²) in [7, 11) is 1.81. The molecular weight excluding hydrogens is 360 g/mol. The lowest BCUT2D eigenvalue weighted by Gasteiger charge is -2.25. The molecule has 2 rings (SSSR count). The van der Waals surface area contributed by atoms with Crippen molar-refractivity contribution in [3.63, 3.8) is 0 Å². The van der Waals surface area contributed by atoms with Crippen molar-refractivity contribution in [1.29, 1.82) is 0 Å². The maximum atomic E-state index is 14.3. The summed E-state index contributed by atoms with van der Waals surface area (Å²) in [6.07, 6.45) is 0. The van der Waals surface area contributed by atoms with E-state index >= 15 is 0 Å². The average Bonchev–Trinajstić information content (AvgIpc) is 2.56. The summed E-state index contributed by atoms with van der Waals surface area (Å²) in [5.74, 6) is -1.46. The van der Waals surface area contributed by atoms with Gasteiger partial charge in [0, 0.05) is 23.8 Å². The minimum atomic E-state index is -0.696. The maximum absolute atomic E-state index is 14.3. The van der Waals surface area contributed by atoms with Gasteiger partial charge in [-0.15, -0.1) is 0 Å². The smallest absolute Gasteiger partial charge is 0.246 e. The van der Waals surface area contributed by atoms with Gasteiger partial charge in [-0.2, -0.15) is 0 Å². The quantitative estimate of drug-likeness (QED) is 0.747. The van der Waals surface area contributed by atoms with Crippen LogP contribution in [0.3, 0.4) is 0 Å². The average molecular weight is 382 g/mol. The first-order valence-electron chi connectivity index (χ1n) is 8.24. The van der Waals surface area contributed by atoms with E-state index in [-0.39, 0.29) is 22.6 Å². The Balaban J connectivity index is 2.05. The van der Waals surface area contributed by atoms with Crippen LogP contribution in [0.15, 0.2) is 36.4 Å². The topological polar surface area (TPSA) is 44.4 Å². The second-order valence-corrected chi connectivity index (χ2v) is 6.79. The third kappa shape index (κ3) is 4.85. The molecule has 0 aromatic heterocycles. The van der Waals surface area contributed by atoms with E-state index in [1.807, 2.05) is 25.8 Å². The van der Waals surface area contributed by atoms with Gasteiger partial charge >= 0.3 is 0 Å². The van der Waals surface area contributed by atoms with Crippen molar-refractivity contribution in [3.8, 4) is 0 Å². The Morgan fingerprint density at radius 2 is 1.77 bits per heavy atom. The van der Waals surface area contributed by atoms with Crippen LogP contribution in [0, 0.1) is 11.6 Å². The van der Waals surface area contributed by atoms with Crippen molar-refractivity contribution in [2.24, 2.45) is 0 Å². The summed E-state index contributed by atoms with van der Waals surface area (Å²) in [6.45, 7) is 5.54. The molecular formula is C19H22ClF2N3O. The van der Waals surface area contributed by atoms with E-state index in [9.17, 15) is 13.6 Å². The van der Waals surface area contributed by atoms with Gasteiger partial charge in [-0.25, -0.2) is 8.78 Å². The minimum absolute atomic E-state index is 0.0353. The van der Waals surface area contributed by atoms with Gasteiger partial charge in [0.15, 0.2) is 0 Å². The Morgan fingerprint density at radius 1 is 1.08 bits per heavy atom. The summed E-state index contributed by atoms with van der Waals surface area (Å²) < 4.78 is 28.1. The molecule has 0 spiro atoms. The Bertz CT molecular complexity index is 798. The van der Waals surface area contributed by atoms with Crippen molar-refractivity contribution in [1.82, 2.24) is 0 Å². The highest BCUT2D eigenvalue weighted by Gasteiger charge is 2.16. The van der Waals surface area contributed by atoms with Crippen LogP contribution in [0.2, 0.25) is 5.02 Å². The van der Waals surface area contributed by atoms with Crippen molar-refractivity contribution in [3.05, 3.63) is 53.1 Å². The van der Waals surface area contributed by atoms with E-state index in [0.717, 1.165) is 6.07 Å².